The van der Waals surface area contributed by atoms with E-state index in [0.717, 1.165) is 27.9 Å². The number of benzene rings is 1. The van der Waals surface area contributed by atoms with Crippen molar-refractivity contribution in [3.8, 4) is 0 Å². The van der Waals surface area contributed by atoms with E-state index in [9.17, 15) is 4.79 Å². The first-order chi connectivity index (χ1) is 12.3. The Balaban J connectivity index is 0.00000261. The van der Waals surface area contributed by atoms with Gasteiger partial charge in [0.2, 0.25) is 0 Å². The van der Waals surface area contributed by atoms with Crippen molar-refractivity contribution in [3.05, 3.63) is 40.2 Å². The first-order valence-electron chi connectivity index (χ1n) is 8.30. The first kappa shape index (κ1) is 21.6. The molecule has 0 spiro atoms. The van der Waals surface area contributed by atoms with Gasteiger partial charge in [0.25, 0.3) is 5.91 Å². The first-order valence-corrected chi connectivity index (χ1v) is 9.50. The number of aryl methyl sites for hydroxylation is 3. The molecule has 3 aromatic rings. The van der Waals surface area contributed by atoms with Crippen LogP contribution < -0.4 is 4.90 Å². The highest BCUT2D eigenvalue weighted by atomic mass is 35.5. The normalized spacial score (nSPS) is 11.1. The molecule has 0 bridgehead atoms. The smallest absolute Gasteiger partial charge is 0.280 e. The lowest BCUT2D eigenvalue weighted by atomic mass is 10.2. The van der Waals surface area contributed by atoms with Gasteiger partial charge in [-0.2, -0.15) is 5.10 Å². The molecule has 2 aromatic heterocycles. The summed E-state index contributed by atoms with van der Waals surface area (Å²) in [6.45, 7) is 5.14. The minimum atomic E-state index is -0.141. The van der Waals surface area contributed by atoms with Crippen LogP contribution >= 0.6 is 35.3 Å². The number of hydrogen-bond donors (Lipinski definition) is 0. The van der Waals surface area contributed by atoms with Gasteiger partial charge in [-0.3, -0.25) is 14.4 Å². The number of fused-ring (bicyclic) bond motifs is 1. The van der Waals surface area contributed by atoms with E-state index in [1.54, 1.807) is 9.58 Å². The van der Waals surface area contributed by atoms with E-state index in [0.29, 0.717) is 22.4 Å². The second-order valence-corrected chi connectivity index (χ2v) is 8.02. The van der Waals surface area contributed by atoms with Gasteiger partial charge in [-0.1, -0.05) is 29.0 Å². The largest absolute Gasteiger partial charge is 0.308 e. The fraction of sp³-hybridized carbons (Fsp3) is 0.389. The zero-order valence-electron chi connectivity index (χ0n) is 16.0. The third-order valence-electron chi connectivity index (χ3n) is 4.15. The molecular weight excluding hydrogens is 405 g/mol. The predicted molar refractivity (Wildman–Crippen MR) is 115 cm³/mol. The Bertz CT molecular complexity index is 927. The van der Waals surface area contributed by atoms with Crippen LogP contribution in [0.2, 0.25) is 5.02 Å². The van der Waals surface area contributed by atoms with Crippen LogP contribution in [-0.2, 0) is 7.05 Å². The number of rotatable bonds is 5. The van der Waals surface area contributed by atoms with Crippen LogP contribution in [0.3, 0.4) is 0 Å². The lowest BCUT2D eigenvalue weighted by Gasteiger charge is -2.21. The van der Waals surface area contributed by atoms with Crippen molar-refractivity contribution in [1.29, 1.82) is 0 Å². The summed E-state index contributed by atoms with van der Waals surface area (Å²) in [5, 5.41) is 5.64. The number of amides is 1. The third-order valence-corrected chi connectivity index (χ3v) is 5.69. The van der Waals surface area contributed by atoms with Crippen molar-refractivity contribution in [2.75, 3.05) is 32.1 Å². The van der Waals surface area contributed by atoms with Crippen LogP contribution in [0.4, 0.5) is 5.13 Å². The molecule has 1 aromatic carbocycles. The maximum atomic E-state index is 13.2. The molecule has 0 aliphatic heterocycles. The summed E-state index contributed by atoms with van der Waals surface area (Å²) >= 11 is 7.79. The van der Waals surface area contributed by atoms with Crippen molar-refractivity contribution in [3.63, 3.8) is 0 Å². The Morgan fingerprint density at radius 1 is 1.22 bits per heavy atom. The Morgan fingerprint density at radius 3 is 2.48 bits per heavy atom. The van der Waals surface area contributed by atoms with Crippen LogP contribution in [0, 0.1) is 13.8 Å². The molecule has 0 aliphatic rings. The SMILES string of the molecule is Cc1cn(C)nc1C(=O)N(CCN(C)C)c1nc2c(C)ccc(Cl)c2s1.Cl. The Hall–Kier alpha value is -1.67. The molecule has 146 valence electrons. The summed E-state index contributed by atoms with van der Waals surface area (Å²) in [6.07, 6.45) is 1.84. The molecule has 0 atom stereocenters. The van der Waals surface area contributed by atoms with Gasteiger partial charge in [0.05, 0.1) is 15.2 Å². The molecule has 0 saturated carbocycles. The van der Waals surface area contributed by atoms with Crippen molar-refractivity contribution in [1.82, 2.24) is 19.7 Å². The Labute approximate surface area is 174 Å². The molecule has 6 nitrogen and oxygen atoms in total. The van der Waals surface area contributed by atoms with Gasteiger partial charge in [0.1, 0.15) is 0 Å². The zero-order valence-corrected chi connectivity index (χ0v) is 18.4. The lowest BCUT2D eigenvalue weighted by molar-refractivity contribution is 0.0979. The van der Waals surface area contributed by atoms with Crippen LogP contribution in [-0.4, -0.2) is 52.8 Å². The van der Waals surface area contributed by atoms with Crippen molar-refractivity contribution < 1.29 is 4.79 Å². The van der Waals surface area contributed by atoms with Crippen LogP contribution in [0.5, 0.6) is 0 Å². The molecule has 0 saturated heterocycles. The van der Waals surface area contributed by atoms with E-state index < -0.39 is 0 Å². The predicted octanol–water partition coefficient (Wildman–Crippen LogP) is 3.93. The second-order valence-electron chi connectivity index (χ2n) is 6.63. The summed E-state index contributed by atoms with van der Waals surface area (Å²) in [6, 6.07) is 3.82. The van der Waals surface area contributed by atoms with Crippen LogP contribution in [0.15, 0.2) is 18.3 Å². The molecule has 0 N–H and O–H groups in total. The highest BCUT2D eigenvalue weighted by Gasteiger charge is 2.25. The van der Waals surface area contributed by atoms with Gasteiger partial charge in [0.15, 0.2) is 10.8 Å². The van der Waals surface area contributed by atoms with Crippen molar-refractivity contribution >= 4 is 56.6 Å². The lowest BCUT2D eigenvalue weighted by Crippen LogP contribution is -2.37. The maximum Gasteiger partial charge on any atom is 0.280 e. The number of carbonyl (C=O) groups excluding carboxylic acids is 1. The molecule has 1 amide bonds. The molecule has 0 radical (unpaired) electrons. The van der Waals surface area contributed by atoms with E-state index in [2.05, 4.69) is 5.10 Å². The molecule has 3 rings (SSSR count). The van der Waals surface area contributed by atoms with E-state index in [4.69, 9.17) is 16.6 Å². The fourth-order valence-corrected chi connectivity index (χ4v) is 4.08. The van der Waals surface area contributed by atoms with Crippen LogP contribution in [0.1, 0.15) is 21.6 Å². The second kappa shape index (κ2) is 8.56. The van der Waals surface area contributed by atoms with E-state index in [1.807, 2.05) is 58.2 Å². The summed E-state index contributed by atoms with van der Waals surface area (Å²) in [7, 11) is 5.77. The standard InChI is InChI=1S/C18H22ClN5OS.ClH/c1-11-6-7-13(19)16-14(11)20-18(26-16)24(9-8-22(3)4)17(25)15-12(2)10-23(5)21-15;/h6-7,10H,8-9H2,1-5H3;1H. The number of anilines is 1. The van der Waals surface area contributed by atoms with Gasteiger partial charge in [0, 0.05) is 31.9 Å². The molecule has 0 unspecified atom stereocenters. The summed E-state index contributed by atoms with van der Waals surface area (Å²) in [5.74, 6) is -0.141. The number of likely N-dealkylation sites (N-methyl/N-ethyl adjacent to an activating group) is 1. The average molecular weight is 428 g/mol. The molecule has 0 fully saturated rings. The topological polar surface area (TPSA) is 54.3 Å². The highest BCUT2D eigenvalue weighted by molar-refractivity contribution is 7.23. The number of aromatic nitrogens is 3. The van der Waals surface area contributed by atoms with Gasteiger partial charge >= 0.3 is 0 Å². The van der Waals surface area contributed by atoms with Gasteiger partial charge in [-0.15, -0.1) is 12.4 Å². The number of hydrogen-bond acceptors (Lipinski definition) is 5. The Morgan fingerprint density at radius 2 is 1.93 bits per heavy atom. The monoisotopic (exact) mass is 427 g/mol. The molecule has 0 aliphatic carbocycles. The van der Waals surface area contributed by atoms with Gasteiger partial charge < -0.3 is 4.90 Å². The van der Waals surface area contributed by atoms with Crippen molar-refractivity contribution in [2.45, 2.75) is 13.8 Å². The minimum Gasteiger partial charge on any atom is -0.308 e. The fourth-order valence-electron chi connectivity index (χ4n) is 2.74. The van der Waals surface area contributed by atoms with E-state index in [1.165, 1.54) is 11.3 Å². The summed E-state index contributed by atoms with van der Waals surface area (Å²) in [4.78, 5) is 21.7. The maximum absolute atomic E-state index is 13.2. The molecular formula is C18H23Cl2N5OS. The van der Waals surface area contributed by atoms with E-state index in [-0.39, 0.29) is 18.3 Å². The highest BCUT2D eigenvalue weighted by Crippen LogP contribution is 2.36. The Kier molecular flexibility index (Phi) is 6.86. The molecule has 9 heteroatoms. The van der Waals surface area contributed by atoms with Crippen molar-refractivity contribution in [2.24, 2.45) is 7.05 Å². The average Bonchev–Trinajstić information content (AvgIpc) is 3.15. The molecule has 27 heavy (non-hydrogen) atoms. The van der Waals surface area contributed by atoms with Gasteiger partial charge in [-0.05, 0) is 39.6 Å². The minimum absolute atomic E-state index is 0. The van der Waals surface area contributed by atoms with Gasteiger partial charge in [-0.25, -0.2) is 4.98 Å². The third kappa shape index (κ3) is 4.43. The zero-order chi connectivity index (χ0) is 19.0. The summed E-state index contributed by atoms with van der Waals surface area (Å²) in [5.41, 5.74) is 3.19. The summed E-state index contributed by atoms with van der Waals surface area (Å²) < 4.78 is 2.56. The molecule has 2 heterocycles. The van der Waals surface area contributed by atoms with E-state index >= 15 is 0 Å². The number of carbonyl (C=O) groups is 1. The number of nitrogens with zero attached hydrogens (tertiary/aromatic N) is 5. The number of thiazole rings is 1. The number of halogens is 2. The quantitative estimate of drug-likeness (QED) is 0.618. The van der Waals surface area contributed by atoms with Crippen LogP contribution in [0.25, 0.3) is 10.2 Å².